The molecule has 0 fully saturated rings. The Bertz CT molecular complexity index is 340. The first kappa shape index (κ1) is 12.5. The molecule has 0 aromatic heterocycles. The van der Waals surface area contributed by atoms with Crippen molar-refractivity contribution in [2.45, 2.75) is 13.3 Å². The lowest BCUT2D eigenvalue weighted by Gasteiger charge is -2.09. The predicted molar refractivity (Wildman–Crippen MR) is 63.4 cm³/mol. The molecule has 0 heterocycles. The Morgan fingerprint density at radius 1 is 1.44 bits per heavy atom. The number of nitrogens with two attached hydrogens (primary N) is 1. The summed E-state index contributed by atoms with van der Waals surface area (Å²) in [7, 11) is 0. The number of ether oxygens (including phenoxy) is 1. The minimum absolute atomic E-state index is 0.0387. The van der Waals surface area contributed by atoms with Gasteiger partial charge in [0, 0.05) is 13.1 Å². The number of rotatable bonds is 6. The third-order valence-electron chi connectivity index (χ3n) is 2.18. The van der Waals surface area contributed by atoms with Crippen molar-refractivity contribution in [1.82, 2.24) is 5.32 Å². The van der Waals surface area contributed by atoms with Crippen molar-refractivity contribution in [1.29, 1.82) is 0 Å². The Hall–Kier alpha value is -1.55. The van der Waals surface area contributed by atoms with Crippen molar-refractivity contribution < 1.29 is 9.53 Å². The molecule has 0 aliphatic carbocycles. The largest absolute Gasteiger partial charge is 0.483 e. The molecule has 0 atom stereocenters. The third kappa shape index (κ3) is 3.90. The van der Waals surface area contributed by atoms with Crippen LogP contribution in [0.4, 0.5) is 0 Å². The maximum Gasteiger partial charge on any atom is 0.257 e. The Labute approximate surface area is 95.8 Å². The summed E-state index contributed by atoms with van der Waals surface area (Å²) >= 11 is 0. The van der Waals surface area contributed by atoms with Crippen LogP contribution in [0.25, 0.3) is 0 Å². The lowest BCUT2D eigenvalue weighted by Crippen LogP contribution is -2.33. The van der Waals surface area contributed by atoms with Crippen LogP contribution in [0.3, 0.4) is 0 Å². The number of hydrogen-bond donors (Lipinski definition) is 2. The molecule has 4 nitrogen and oxygen atoms in total. The maximum absolute atomic E-state index is 11.3. The standard InChI is InChI=1S/C12H18N2O2/c1-2-10-5-3-4-6-11(10)16-9-12(15)14-8-7-13/h3-6H,2,7-9,13H2,1H3,(H,14,15). The molecule has 0 saturated carbocycles. The zero-order valence-electron chi connectivity index (χ0n) is 9.53. The second kappa shape index (κ2) is 6.85. The van der Waals surface area contributed by atoms with Gasteiger partial charge in [-0.1, -0.05) is 25.1 Å². The minimum Gasteiger partial charge on any atom is -0.483 e. The highest BCUT2D eigenvalue weighted by Crippen LogP contribution is 2.17. The van der Waals surface area contributed by atoms with E-state index in [0.717, 1.165) is 17.7 Å². The molecule has 88 valence electrons. The zero-order chi connectivity index (χ0) is 11.8. The number of para-hydroxylation sites is 1. The number of carbonyl (C=O) groups excluding carboxylic acids is 1. The van der Waals surface area contributed by atoms with E-state index >= 15 is 0 Å². The molecular weight excluding hydrogens is 204 g/mol. The lowest BCUT2D eigenvalue weighted by atomic mass is 10.1. The summed E-state index contributed by atoms with van der Waals surface area (Å²) in [6, 6.07) is 7.72. The van der Waals surface area contributed by atoms with Crippen molar-refractivity contribution in [3.8, 4) is 5.75 Å². The fraction of sp³-hybridized carbons (Fsp3) is 0.417. The van der Waals surface area contributed by atoms with Gasteiger partial charge in [0.1, 0.15) is 5.75 Å². The summed E-state index contributed by atoms with van der Waals surface area (Å²) in [6.45, 7) is 3.02. The van der Waals surface area contributed by atoms with Crippen molar-refractivity contribution in [2.24, 2.45) is 5.73 Å². The molecule has 1 amide bonds. The molecule has 0 spiro atoms. The number of hydrogen-bond acceptors (Lipinski definition) is 3. The molecule has 3 N–H and O–H groups in total. The van der Waals surface area contributed by atoms with Gasteiger partial charge in [-0.3, -0.25) is 4.79 Å². The number of nitrogens with one attached hydrogen (secondary N) is 1. The van der Waals surface area contributed by atoms with Gasteiger partial charge in [-0.05, 0) is 18.1 Å². The number of amides is 1. The molecule has 0 radical (unpaired) electrons. The highest BCUT2D eigenvalue weighted by atomic mass is 16.5. The fourth-order valence-corrected chi connectivity index (χ4v) is 1.34. The van der Waals surface area contributed by atoms with E-state index in [4.69, 9.17) is 10.5 Å². The molecule has 16 heavy (non-hydrogen) atoms. The van der Waals surface area contributed by atoms with Gasteiger partial charge in [0.2, 0.25) is 0 Å². The van der Waals surface area contributed by atoms with Gasteiger partial charge in [0.05, 0.1) is 0 Å². The number of aryl methyl sites for hydroxylation is 1. The Balaban J connectivity index is 2.44. The Morgan fingerprint density at radius 2 is 2.19 bits per heavy atom. The van der Waals surface area contributed by atoms with Crippen molar-refractivity contribution >= 4 is 5.91 Å². The van der Waals surface area contributed by atoms with Crippen LogP contribution in [0.5, 0.6) is 5.75 Å². The van der Waals surface area contributed by atoms with Crippen LogP contribution in [0.2, 0.25) is 0 Å². The molecule has 1 aromatic carbocycles. The molecule has 1 aromatic rings. The van der Waals surface area contributed by atoms with E-state index in [1.807, 2.05) is 24.3 Å². The van der Waals surface area contributed by atoms with Crippen LogP contribution in [-0.2, 0) is 11.2 Å². The molecule has 0 aliphatic heterocycles. The summed E-state index contributed by atoms with van der Waals surface area (Å²) in [5, 5.41) is 2.65. The van der Waals surface area contributed by atoms with Crippen molar-refractivity contribution in [3.63, 3.8) is 0 Å². The van der Waals surface area contributed by atoms with E-state index in [0.29, 0.717) is 13.1 Å². The first-order chi connectivity index (χ1) is 7.77. The second-order valence-electron chi connectivity index (χ2n) is 3.39. The van der Waals surface area contributed by atoms with E-state index in [-0.39, 0.29) is 12.5 Å². The smallest absolute Gasteiger partial charge is 0.257 e. The summed E-state index contributed by atoms with van der Waals surface area (Å²) < 4.78 is 5.43. The molecular formula is C12H18N2O2. The monoisotopic (exact) mass is 222 g/mol. The number of benzene rings is 1. The second-order valence-corrected chi connectivity index (χ2v) is 3.39. The van der Waals surface area contributed by atoms with Gasteiger partial charge >= 0.3 is 0 Å². The topological polar surface area (TPSA) is 64.3 Å². The lowest BCUT2D eigenvalue weighted by molar-refractivity contribution is -0.123. The molecule has 0 unspecified atom stereocenters. The third-order valence-corrected chi connectivity index (χ3v) is 2.18. The summed E-state index contributed by atoms with van der Waals surface area (Å²) in [5.74, 6) is 0.629. The molecule has 0 saturated heterocycles. The van der Waals surface area contributed by atoms with Crippen LogP contribution in [0.15, 0.2) is 24.3 Å². The van der Waals surface area contributed by atoms with E-state index in [1.165, 1.54) is 0 Å². The molecule has 0 aliphatic rings. The molecule has 1 rings (SSSR count). The van der Waals surface area contributed by atoms with Crippen LogP contribution in [0.1, 0.15) is 12.5 Å². The van der Waals surface area contributed by atoms with Gasteiger partial charge in [-0.25, -0.2) is 0 Å². The maximum atomic E-state index is 11.3. The van der Waals surface area contributed by atoms with Crippen LogP contribution >= 0.6 is 0 Å². The van der Waals surface area contributed by atoms with Gasteiger partial charge < -0.3 is 15.8 Å². The van der Waals surface area contributed by atoms with Gasteiger partial charge in [0.15, 0.2) is 6.61 Å². The van der Waals surface area contributed by atoms with Gasteiger partial charge in [0.25, 0.3) is 5.91 Å². The van der Waals surface area contributed by atoms with E-state index < -0.39 is 0 Å². The van der Waals surface area contributed by atoms with Gasteiger partial charge in [-0.2, -0.15) is 0 Å². The van der Waals surface area contributed by atoms with E-state index in [9.17, 15) is 4.79 Å². The zero-order valence-corrected chi connectivity index (χ0v) is 9.53. The average Bonchev–Trinajstić information content (AvgIpc) is 2.34. The highest BCUT2D eigenvalue weighted by molar-refractivity contribution is 5.77. The average molecular weight is 222 g/mol. The highest BCUT2D eigenvalue weighted by Gasteiger charge is 2.04. The Morgan fingerprint density at radius 3 is 2.88 bits per heavy atom. The quantitative estimate of drug-likeness (QED) is 0.744. The van der Waals surface area contributed by atoms with Crippen molar-refractivity contribution in [2.75, 3.05) is 19.7 Å². The van der Waals surface area contributed by atoms with Crippen LogP contribution in [-0.4, -0.2) is 25.6 Å². The molecule has 0 bridgehead atoms. The SMILES string of the molecule is CCc1ccccc1OCC(=O)NCCN. The van der Waals surface area contributed by atoms with Crippen LogP contribution < -0.4 is 15.8 Å². The predicted octanol–water partition coefficient (Wildman–Crippen LogP) is 0.703. The number of carbonyl (C=O) groups is 1. The normalized spacial score (nSPS) is 9.88. The first-order valence-electron chi connectivity index (χ1n) is 5.45. The van der Waals surface area contributed by atoms with Crippen molar-refractivity contribution in [3.05, 3.63) is 29.8 Å². The van der Waals surface area contributed by atoms with Gasteiger partial charge in [-0.15, -0.1) is 0 Å². The van der Waals surface area contributed by atoms with E-state index in [1.54, 1.807) is 0 Å². The summed E-state index contributed by atoms with van der Waals surface area (Å²) in [5.41, 5.74) is 6.38. The Kier molecular flexibility index (Phi) is 5.36. The summed E-state index contributed by atoms with van der Waals surface area (Å²) in [6.07, 6.45) is 0.889. The minimum atomic E-state index is -0.142. The van der Waals surface area contributed by atoms with E-state index in [2.05, 4.69) is 12.2 Å². The van der Waals surface area contributed by atoms with Crippen LogP contribution in [0, 0.1) is 0 Å². The molecule has 4 heteroatoms. The first-order valence-corrected chi connectivity index (χ1v) is 5.45. The summed E-state index contributed by atoms with van der Waals surface area (Å²) in [4.78, 5) is 11.3. The fourth-order valence-electron chi connectivity index (χ4n) is 1.34.